The van der Waals surface area contributed by atoms with Gasteiger partial charge in [-0.25, -0.2) is 0 Å². The summed E-state index contributed by atoms with van der Waals surface area (Å²) in [6.45, 7) is 0. The number of rotatable bonds is 0. The molecular formula is C12H14Na2O2. The van der Waals surface area contributed by atoms with Crippen molar-refractivity contribution in [2.45, 2.75) is 0 Å². The molecule has 2 aromatic carbocycles. The maximum absolute atomic E-state index is 8.63. The zero-order valence-electron chi connectivity index (χ0n) is 7.67. The van der Waals surface area contributed by atoms with Crippen molar-refractivity contribution in [1.29, 1.82) is 0 Å². The van der Waals surface area contributed by atoms with Crippen LogP contribution in [0, 0.1) is 0 Å². The van der Waals surface area contributed by atoms with Crippen LogP contribution >= 0.6 is 0 Å². The molecule has 76 valence electrons. The SMILES string of the molecule is Oc1ccccc1.Oc1ccccc1.[NaH].[NaH]. The van der Waals surface area contributed by atoms with Gasteiger partial charge in [-0.05, 0) is 24.3 Å². The van der Waals surface area contributed by atoms with Gasteiger partial charge in [0.1, 0.15) is 11.5 Å². The number of hydrogen-bond donors (Lipinski definition) is 2. The first-order valence-electron chi connectivity index (χ1n) is 4.27. The molecule has 4 heteroatoms. The molecule has 0 unspecified atom stereocenters. The first-order chi connectivity index (χ1) is 6.79. The van der Waals surface area contributed by atoms with Crippen LogP contribution in [0.5, 0.6) is 11.5 Å². The fourth-order valence-electron chi connectivity index (χ4n) is 0.856. The van der Waals surface area contributed by atoms with Gasteiger partial charge in [-0.2, -0.15) is 0 Å². The second kappa shape index (κ2) is 11.5. The number of phenolic OH excluding ortho intramolecular Hbond substituents is 2. The van der Waals surface area contributed by atoms with Crippen LogP contribution in [0.4, 0.5) is 0 Å². The molecule has 0 aliphatic carbocycles. The minimum atomic E-state index is 0. The number of hydrogen-bond acceptors (Lipinski definition) is 2. The van der Waals surface area contributed by atoms with Crippen LogP contribution in [0.3, 0.4) is 0 Å². The summed E-state index contributed by atoms with van der Waals surface area (Å²) in [7, 11) is 0. The summed E-state index contributed by atoms with van der Waals surface area (Å²) in [6, 6.07) is 17.4. The summed E-state index contributed by atoms with van der Waals surface area (Å²) in [6.07, 6.45) is 0. The van der Waals surface area contributed by atoms with E-state index < -0.39 is 0 Å². The van der Waals surface area contributed by atoms with Crippen LogP contribution in [0.15, 0.2) is 60.7 Å². The zero-order valence-corrected chi connectivity index (χ0v) is 7.67. The third-order valence-electron chi connectivity index (χ3n) is 1.51. The predicted molar refractivity (Wildman–Crippen MR) is 70.5 cm³/mol. The molecule has 0 bridgehead atoms. The van der Waals surface area contributed by atoms with E-state index in [9.17, 15) is 0 Å². The Labute approximate surface area is 140 Å². The normalized spacial score (nSPS) is 7.50. The van der Waals surface area contributed by atoms with Gasteiger partial charge in [0, 0.05) is 0 Å². The average Bonchev–Trinajstić information content (AvgIpc) is 2.21. The molecule has 0 radical (unpaired) electrons. The van der Waals surface area contributed by atoms with Gasteiger partial charge in [0.15, 0.2) is 0 Å². The Hall–Kier alpha value is 0.0400. The molecule has 0 amide bonds. The first-order valence-corrected chi connectivity index (χ1v) is 4.27. The molecule has 0 spiro atoms. The molecule has 0 saturated heterocycles. The molecule has 2 rings (SSSR count). The number of phenols is 2. The van der Waals surface area contributed by atoms with Crippen molar-refractivity contribution < 1.29 is 10.2 Å². The van der Waals surface area contributed by atoms with E-state index in [1.807, 2.05) is 12.1 Å². The van der Waals surface area contributed by atoms with Crippen molar-refractivity contribution in [3.05, 3.63) is 60.7 Å². The number of benzene rings is 2. The van der Waals surface area contributed by atoms with Gasteiger partial charge in [-0.1, -0.05) is 36.4 Å². The molecule has 0 saturated carbocycles. The topological polar surface area (TPSA) is 40.5 Å². The van der Waals surface area contributed by atoms with Crippen molar-refractivity contribution in [2.24, 2.45) is 0 Å². The number of aromatic hydroxyl groups is 2. The summed E-state index contributed by atoms with van der Waals surface area (Å²) < 4.78 is 0. The first kappa shape index (κ1) is 18.4. The van der Waals surface area contributed by atoms with Crippen molar-refractivity contribution in [2.75, 3.05) is 0 Å². The van der Waals surface area contributed by atoms with Gasteiger partial charge >= 0.3 is 59.1 Å². The van der Waals surface area contributed by atoms with Crippen molar-refractivity contribution >= 4 is 59.1 Å². The van der Waals surface area contributed by atoms with Gasteiger partial charge in [0.05, 0.1) is 0 Å². The molecule has 2 aromatic rings. The third-order valence-corrected chi connectivity index (χ3v) is 1.51. The van der Waals surface area contributed by atoms with Crippen LogP contribution in [-0.4, -0.2) is 69.3 Å². The van der Waals surface area contributed by atoms with Crippen LogP contribution < -0.4 is 0 Å². The minimum absolute atomic E-state index is 0. The fraction of sp³-hybridized carbons (Fsp3) is 0. The van der Waals surface area contributed by atoms with Crippen molar-refractivity contribution in [3.63, 3.8) is 0 Å². The van der Waals surface area contributed by atoms with E-state index in [1.54, 1.807) is 48.5 Å². The molecule has 0 atom stereocenters. The second-order valence-electron chi connectivity index (χ2n) is 2.67. The molecule has 0 aromatic heterocycles. The maximum atomic E-state index is 8.63. The summed E-state index contributed by atoms with van der Waals surface area (Å²) in [5.41, 5.74) is 0. The van der Waals surface area contributed by atoms with Gasteiger partial charge in [-0.3, -0.25) is 0 Å². The molecule has 16 heavy (non-hydrogen) atoms. The fourth-order valence-corrected chi connectivity index (χ4v) is 0.856. The van der Waals surface area contributed by atoms with Crippen molar-refractivity contribution in [3.8, 4) is 11.5 Å². The molecule has 0 heterocycles. The van der Waals surface area contributed by atoms with Crippen LogP contribution in [0.2, 0.25) is 0 Å². The van der Waals surface area contributed by atoms with E-state index in [4.69, 9.17) is 10.2 Å². The summed E-state index contributed by atoms with van der Waals surface area (Å²) in [5, 5.41) is 17.3. The second-order valence-corrected chi connectivity index (χ2v) is 2.67. The Balaban J connectivity index is 0. The standard InChI is InChI=1S/2C6H6O.2Na.2H/c2*7-6-4-2-1-3-5-6;;;;/h2*1-5,7H;;;;. The van der Waals surface area contributed by atoms with Gasteiger partial charge in [0.2, 0.25) is 0 Å². The van der Waals surface area contributed by atoms with Gasteiger partial charge in [0.25, 0.3) is 0 Å². The van der Waals surface area contributed by atoms with Gasteiger partial charge < -0.3 is 10.2 Å². The molecule has 2 nitrogen and oxygen atoms in total. The summed E-state index contributed by atoms with van der Waals surface area (Å²) in [4.78, 5) is 0. The molecule has 2 N–H and O–H groups in total. The van der Waals surface area contributed by atoms with E-state index in [0.717, 1.165) is 0 Å². The molecule has 0 aliphatic rings. The van der Waals surface area contributed by atoms with Gasteiger partial charge in [-0.15, -0.1) is 0 Å². The Morgan fingerprint density at radius 2 is 0.750 bits per heavy atom. The Bertz CT molecular complexity index is 314. The van der Waals surface area contributed by atoms with E-state index in [-0.39, 0.29) is 59.1 Å². The molecule has 0 aliphatic heterocycles. The van der Waals surface area contributed by atoms with E-state index in [0.29, 0.717) is 11.5 Å². The Kier molecular flexibility index (Phi) is 13.3. The average molecular weight is 236 g/mol. The quantitative estimate of drug-likeness (QED) is 0.680. The van der Waals surface area contributed by atoms with E-state index in [2.05, 4.69) is 0 Å². The zero-order chi connectivity index (χ0) is 10.2. The Morgan fingerprint density at radius 1 is 0.500 bits per heavy atom. The molecular weight excluding hydrogens is 222 g/mol. The van der Waals surface area contributed by atoms with Crippen LogP contribution in [-0.2, 0) is 0 Å². The predicted octanol–water partition coefficient (Wildman–Crippen LogP) is 1.49. The summed E-state index contributed by atoms with van der Waals surface area (Å²) >= 11 is 0. The van der Waals surface area contributed by atoms with Crippen LogP contribution in [0.1, 0.15) is 0 Å². The summed E-state index contributed by atoms with van der Waals surface area (Å²) in [5.74, 6) is 0.644. The third kappa shape index (κ3) is 9.28. The van der Waals surface area contributed by atoms with Crippen molar-refractivity contribution in [1.82, 2.24) is 0 Å². The van der Waals surface area contributed by atoms with Crippen LogP contribution in [0.25, 0.3) is 0 Å². The monoisotopic (exact) mass is 236 g/mol. The van der Waals surface area contributed by atoms with E-state index in [1.165, 1.54) is 0 Å². The van der Waals surface area contributed by atoms with E-state index >= 15 is 0 Å². The molecule has 0 fully saturated rings. The number of para-hydroxylation sites is 2. The Morgan fingerprint density at radius 3 is 0.875 bits per heavy atom.